The number of nitrogens with zero attached hydrogens (tertiary/aromatic N) is 4. The molecule has 1 aromatic rings. The third-order valence-corrected chi connectivity index (χ3v) is 3.80. The highest BCUT2D eigenvalue weighted by atomic mass is 32.2. The van der Waals surface area contributed by atoms with Crippen molar-refractivity contribution >= 4 is 17.7 Å². The van der Waals surface area contributed by atoms with Crippen molar-refractivity contribution in [2.75, 3.05) is 6.54 Å². The van der Waals surface area contributed by atoms with Crippen molar-refractivity contribution in [3.8, 4) is 0 Å². The van der Waals surface area contributed by atoms with Crippen LogP contribution in [0.15, 0.2) is 5.16 Å². The summed E-state index contributed by atoms with van der Waals surface area (Å²) < 4.78 is 37.6. The van der Waals surface area contributed by atoms with Gasteiger partial charge in [-0.05, 0) is 23.3 Å². The molecule has 0 aliphatic carbocycles. The standard InChI is InChI=1S/C9H12F3N5OS/c10-9(11,12)5-17-8(14-15-16-17)19-6-3-1-2-4-13-7(6)18/h6H,1-5H2,(H,13,18). The second-order valence-electron chi connectivity index (χ2n) is 4.13. The summed E-state index contributed by atoms with van der Waals surface area (Å²) in [6.45, 7) is -0.653. The summed E-state index contributed by atoms with van der Waals surface area (Å²) in [6, 6.07) is 0. The summed E-state index contributed by atoms with van der Waals surface area (Å²) in [5, 5.41) is 12.4. The molecule has 1 N–H and O–H groups in total. The van der Waals surface area contributed by atoms with E-state index in [1.54, 1.807) is 0 Å². The van der Waals surface area contributed by atoms with Crippen LogP contribution in [0.1, 0.15) is 19.3 Å². The molecule has 1 aliphatic heterocycles. The van der Waals surface area contributed by atoms with Crippen molar-refractivity contribution in [1.82, 2.24) is 25.5 Å². The van der Waals surface area contributed by atoms with Gasteiger partial charge in [0.15, 0.2) is 0 Å². The SMILES string of the molecule is O=C1NCCCCC1Sc1nnnn1CC(F)(F)F. The Morgan fingerprint density at radius 2 is 2.21 bits per heavy atom. The van der Waals surface area contributed by atoms with E-state index in [2.05, 4.69) is 20.8 Å². The number of carbonyl (C=O) groups is 1. The van der Waals surface area contributed by atoms with Gasteiger partial charge in [-0.15, -0.1) is 5.10 Å². The van der Waals surface area contributed by atoms with E-state index in [9.17, 15) is 18.0 Å². The predicted octanol–water partition coefficient (Wildman–Crippen LogP) is 0.996. The molecule has 1 atom stereocenters. The Kier molecular flexibility index (Phi) is 4.27. The monoisotopic (exact) mass is 295 g/mol. The van der Waals surface area contributed by atoms with Gasteiger partial charge in [0, 0.05) is 6.54 Å². The number of carbonyl (C=O) groups excluding carboxylic acids is 1. The number of tetrazole rings is 1. The molecular weight excluding hydrogens is 283 g/mol. The van der Waals surface area contributed by atoms with E-state index in [-0.39, 0.29) is 11.1 Å². The fourth-order valence-electron chi connectivity index (χ4n) is 1.70. The number of amides is 1. The average molecular weight is 295 g/mol. The summed E-state index contributed by atoms with van der Waals surface area (Å²) in [5.41, 5.74) is 0. The molecule has 1 saturated heterocycles. The fourth-order valence-corrected chi connectivity index (χ4v) is 2.74. The molecule has 1 unspecified atom stereocenters. The predicted molar refractivity (Wildman–Crippen MR) is 60.4 cm³/mol. The fraction of sp³-hybridized carbons (Fsp3) is 0.778. The van der Waals surface area contributed by atoms with Gasteiger partial charge < -0.3 is 5.32 Å². The van der Waals surface area contributed by atoms with Gasteiger partial charge in [0.2, 0.25) is 11.1 Å². The summed E-state index contributed by atoms with van der Waals surface area (Å²) in [6.07, 6.45) is -2.07. The highest BCUT2D eigenvalue weighted by Crippen LogP contribution is 2.27. The Balaban J connectivity index is 2.06. The van der Waals surface area contributed by atoms with Crippen LogP contribution in [0.2, 0.25) is 0 Å². The van der Waals surface area contributed by atoms with Gasteiger partial charge in [-0.25, -0.2) is 4.68 Å². The molecule has 1 aliphatic rings. The number of aromatic nitrogens is 4. The Labute approximate surface area is 111 Å². The first kappa shape index (κ1) is 14.1. The third kappa shape index (κ3) is 4.08. The van der Waals surface area contributed by atoms with E-state index in [1.165, 1.54) is 0 Å². The zero-order valence-corrected chi connectivity index (χ0v) is 10.7. The maximum atomic E-state index is 12.3. The lowest BCUT2D eigenvalue weighted by atomic mass is 10.2. The Bertz CT molecular complexity index is 449. The molecule has 2 heterocycles. The molecule has 6 nitrogen and oxygen atoms in total. The first-order valence-electron chi connectivity index (χ1n) is 5.73. The van der Waals surface area contributed by atoms with Crippen molar-refractivity contribution in [2.24, 2.45) is 0 Å². The van der Waals surface area contributed by atoms with Crippen LogP contribution in [-0.2, 0) is 11.3 Å². The first-order chi connectivity index (χ1) is 8.96. The molecule has 0 saturated carbocycles. The maximum Gasteiger partial charge on any atom is 0.408 e. The van der Waals surface area contributed by atoms with Crippen LogP contribution in [0.4, 0.5) is 13.2 Å². The summed E-state index contributed by atoms with van der Waals surface area (Å²) in [4.78, 5) is 11.7. The summed E-state index contributed by atoms with van der Waals surface area (Å²) in [7, 11) is 0. The number of thioether (sulfide) groups is 1. The van der Waals surface area contributed by atoms with Crippen molar-refractivity contribution in [3.63, 3.8) is 0 Å². The van der Waals surface area contributed by atoms with Gasteiger partial charge >= 0.3 is 6.18 Å². The second kappa shape index (κ2) is 5.76. The topological polar surface area (TPSA) is 72.7 Å². The second-order valence-corrected chi connectivity index (χ2v) is 5.30. The molecule has 2 rings (SSSR count). The number of hydrogen-bond acceptors (Lipinski definition) is 5. The van der Waals surface area contributed by atoms with E-state index in [4.69, 9.17) is 0 Å². The van der Waals surface area contributed by atoms with E-state index >= 15 is 0 Å². The molecule has 0 bridgehead atoms. The van der Waals surface area contributed by atoms with Crippen molar-refractivity contribution in [3.05, 3.63) is 0 Å². The molecule has 1 aromatic heterocycles. The first-order valence-corrected chi connectivity index (χ1v) is 6.61. The molecule has 1 fully saturated rings. The molecular formula is C9H12F3N5OS. The van der Waals surface area contributed by atoms with Gasteiger partial charge in [-0.2, -0.15) is 13.2 Å². The van der Waals surface area contributed by atoms with Crippen LogP contribution < -0.4 is 5.32 Å². The minimum Gasteiger partial charge on any atom is -0.355 e. The van der Waals surface area contributed by atoms with Gasteiger partial charge in [0.05, 0.1) is 5.25 Å². The lowest BCUT2D eigenvalue weighted by Gasteiger charge is -2.12. The molecule has 0 aromatic carbocycles. The summed E-state index contributed by atoms with van der Waals surface area (Å²) >= 11 is 0.975. The molecule has 106 valence electrons. The number of halogens is 3. The van der Waals surface area contributed by atoms with Crippen LogP contribution >= 0.6 is 11.8 Å². The lowest BCUT2D eigenvalue weighted by molar-refractivity contribution is -0.144. The Morgan fingerprint density at radius 3 is 2.95 bits per heavy atom. The largest absolute Gasteiger partial charge is 0.408 e. The Morgan fingerprint density at radius 1 is 1.42 bits per heavy atom. The lowest BCUT2D eigenvalue weighted by Crippen LogP contribution is -2.31. The van der Waals surface area contributed by atoms with Gasteiger partial charge in [0.1, 0.15) is 6.54 Å². The molecule has 1 amide bonds. The van der Waals surface area contributed by atoms with Crippen molar-refractivity contribution in [2.45, 2.75) is 42.4 Å². The quantitative estimate of drug-likeness (QED) is 0.900. The van der Waals surface area contributed by atoms with E-state index in [1.807, 2.05) is 0 Å². The molecule has 19 heavy (non-hydrogen) atoms. The zero-order valence-electron chi connectivity index (χ0n) is 9.85. The van der Waals surface area contributed by atoms with Gasteiger partial charge in [-0.3, -0.25) is 4.79 Å². The van der Waals surface area contributed by atoms with Crippen LogP contribution in [-0.4, -0.2) is 44.1 Å². The number of nitrogens with one attached hydrogen (secondary N) is 1. The normalized spacial score (nSPS) is 21.0. The summed E-state index contributed by atoms with van der Waals surface area (Å²) in [5.74, 6) is -0.177. The maximum absolute atomic E-state index is 12.3. The number of alkyl halides is 3. The van der Waals surface area contributed by atoms with E-state index in [0.29, 0.717) is 17.6 Å². The average Bonchev–Trinajstić information content (AvgIpc) is 2.61. The molecule has 10 heteroatoms. The van der Waals surface area contributed by atoms with E-state index < -0.39 is 18.0 Å². The van der Waals surface area contributed by atoms with Crippen LogP contribution in [0.5, 0.6) is 0 Å². The Hall–Kier alpha value is -1.32. The minimum atomic E-state index is -4.39. The van der Waals surface area contributed by atoms with Crippen LogP contribution in [0, 0.1) is 0 Å². The highest BCUT2D eigenvalue weighted by Gasteiger charge is 2.31. The minimum absolute atomic E-state index is 0.0133. The number of hydrogen-bond donors (Lipinski definition) is 1. The van der Waals surface area contributed by atoms with Crippen LogP contribution in [0.3, 0.4) is 0 Å². The smallest absolute Gasteiger partial charge is 0.355 e. The van der Waals surface area contributed by atoms with Crippen molar-refractivity contribution in [1.29, 1.82) is 0 Å². The molecule has 0 radical (unpaired) electrons. The third-order valence-electron chi connectivity index (χ3n) is 2.56. The van der Waals surface area contributed by atoms with Gasteiger partial charge in [0.25, 0.3) is 0 Å². The molecule has 0 spiro atoms. The highest BCUT2D eigenvalue weighted by molar-refractivity contribution is 8.00. The van der Waals surface area contributed by atoms with E-state index in [0.717, 1.165) is 24.6 Å². The van der Waals surface area contributed by atoms with Crippen LogP contribution in [0.25, 0.3) is 0 Å². The van der Waals surface area contributed by atoms with Gasteiger partial charge in [-0.1, -0.05) is 18.2 Å². The zero-order chi connectivity index (χ0) is 13.9. The van der Waals surface area contributed by atoms with Crippen molar-refractivity contribution < 1.29 is 18.0 Å². The number of rotatable bonds is 3.